The van der Waals surface area contributed by atoms with Crippen molar-refractivity contribution in [1.29, 1.82) is 0 Å². The summed E-state index contributed by atoms with van der Waals surface area (Å²) in [5, 5.41) is 3.14. The highest BCUT2D eigenvalue weighted by atomic mass is 35.5. The van der Waals surface area contributed by atoms with Gasteiger partial charge in [-0.1, -0.05) is 6.42 Å². The molecule has 2 unspecified atom stereocenters. The predicted molar refractivity (Wildman–Crippen MR) is 80.2 cm³/mol. The van der Waals surface area contributed by atoms with Gasteiger partial charge in [0.05, 0.1) is 0 Å². The summed E-state index contributed by atoms with van der Waals surface area (Å²) >= 11 is 2.03. The Morgan fingerprint density at radius 2 is 1.94 bits per heavy atom. The molecule has 2 fully saturated rings. The van der Waals surface area contributed by atoms with Crippen molar-refractivity contribution in [3.63, 3.8) is 0 Å². The first-order valence-corrected chi connectivity index (χ1v) is 8.02. The maximum absolute atomic E-state index is 12.0. The maximum atomic E-state index is 12.0. The van der Waals surface area contributed by atoms with Crippen molar-refractivity contribution in [3.05, 3.63) is 0 Å². The van der Waals surface area contributed by atoms with Gasteiger partial charge in [-0.05, 0) is 49.5 Å². The molecule has 3 N–H and O–H groups in total. The number of carbonyl (C=O) groups excluding carboxylic acids is 1. The SMILES string of the molecule is Cl.NC1CCCC(C(=O)NCC2CCSCC2)C1. The van der Waals surface area contributed by atoms with Crippen molar-refractivity contribution < 1.29 is 4.79 Å². The zero-order valence-electron chi connectivity index (χ0n) is 10.9. The van der Waals surface area contributed by atoms with Gasteiger partial charge in [-0.3, -0.25) is 4.79 Å². The van der Waals surface area contributed by atoms with E-state index in [1.165, 1.54) is 24.3 Å². The van der Waals surface area contributed by atoms with Gasteiger partial charge >= 0.3 is 0 Å². The van der Waals surface area contributed by atoms with E-state index in [4.69, 9.17) is 5.73 Å². The molecule has 1 heterocycles. The van der Waals surface area contributed by atoms with Crippen molar-refractivity contribution >= 4 is 30.1 Å². The van der Waals surface area contributed by atoms with Crippen molar-refractivity contribution in [2.45, 2.75) is 44.6 Å². The third-order valence-corrected chi connectivity index (χ3v) is 5.04. The maximum Gasteiger partial charge on any atom is 0.223 e. The molecule has 1 aliphatic carbocycles. The molecule has 2 aliphatic rings. The number of carbonyl (C=O) groups is 1. The first kappa shape index (κ1) is 16.1. The molecule has 1 aliphatic heterocycles. The fourth-order valence-electron chi connectivity index (χ4n) is 2.81. The molecule has 0 aromatic heterocycles. The minimum atomic E-state index is 0. The molecule has 0 bridgehead atoms. The Bertz CT molecular complexity index is 259. The first-order valence-electron chi connectivity index (χ1n) is 6.86. The molecule has 1 amide bonds. The number of nitrogens with two attached hydrogens (primary N) is 1. The van der Waals surface area contributed by atoms with Crippen LogP contribution in [0.5, 0.6) is 0 Å². The second-order valence-corrected chi connectivity index (χ2v) is 6.65. The van der Waals surface area contributed by atoms with E-state index in [9.17, 15) is 4.79 Å². The summed E-state index contributed by atoms with van der Waals surface area (Å²) < 4.78 is 0. The van der Waals surface area contributed by atoms with E-state index in [0.717, 1.165) is 32.2 Å². The first-order chi connectivity index (χ1) is 8.25. The third kappa shape index (κ3) is 4.98. The molecule has 1 saturated carbocycles. The lowest BCUT2D eigenvalue weighted by Crippen LogP contribution is -2.39. The monoisotopic (exact) mass is 292 g/mol. The summed E-state index contributed by atoms with van der Waals surface area (Å²) in [5.41, 5.74) is 5.92. The van der Waals surface area contributed by atoms with Gasteiger partial charge in [-0.25, -0.2) is 0 Å². The summed E-state index contributed by atoms with van der Waals surface area (Å²) in [6.07, 6.45) is 6.62. The molecule has 0 spiro atoms. The van der Waals surface area contributed by atoms with Crippen LogP contribution in [0.25, 0.3) is 0 Å². The summed E-state index contributed by atoms with van der Waals surface area (Å²) in [7, 11) is 0. The Hall–Kier alpha value is 0.0700. The lowest BCUT2D eigenvalue weighted by atomic mass is 9.85. The average Bonchev–Trinajstić information content (AvgIpc) is 2.37. The van der Waals surface area contributed by atoms with Crippen LogP contribution in [0.3, 0.4) is 0 Å². The summed E-state index contributed by atoms with van der Waals surface area (Å²) in [4.78, 5) is 12.0. The second kappa shape index (κ2) is 8.28. The molecular weight excluding hydrogens is 268 g/mol. The van der Waals surface area contributed by atoms with Crippen LogP contribution in [0.2, 0.25) is 0 Å². The normalized spacial score (nSPS) is 29.4. The van der Waals surface area contributed by atoms with Crippen molar-refractivity contribution in [1.82, 2.24) is 5.32 Å². The van der Waals surface area contributed by atoms with Crippen LogP contribution >= 0.6 is 24.2 Å². The molecule has 106 valence electrons. The number of hydrogen-bond acceptors (Lipinski definition) is 3. The summed E-state index contributed by atoms with van der Waals surface area (Å²) in [6.45, 7) is 0.880. The highest BCUT2D eigenvalue weighted by Gasteiger charge is 2.25. The average molecular weight is 293 g/mol. The van der Waals surface area contributed by atoms with Gasteiger partial charge in [-0.15, -0.1) is 12.4 Å². The highest BCUT2D eigenvalue weighted by molar-refractivity contribution is 7.99. The van der Waals surface area contributed by atoms with E-state index in [1.54, 1.807) is 0 Å². The van der Waals surface area contributed by atoms with Gasteiger partial charge in [0, 0.05) is 18.5 Å². The Morgan fingerprint density at radius 3 is 2.61 bits per heavy atom. The molecule has 2 atom stereocenters. The summed E-state index contributed by atoms with van der Waals surface area (Å²) in [5.74, 6) is 3.65. The van der Waals surface area contributed by atoms with Crippen LogP contribution in [0, 0.1) is 11.8 Å². The lowest BCUT2D eigenvalue weighted by molar-refractivity contribution is -0.126. The number of hydrogen-bond donors (Lipinski definition) is 2. The Kier molecular flexibility index (Phi) is 7.42. The smallest absolute Gasteiger partial charge is 0.223 e. The van der Waals surface area contributed by atoms with Gasteiger partial charge in [-0.2, -0.15) is 11.8 Å². The van der Waals surface area contributed by atoms with Gasteiger partial charge in [0.25, 0.3) is 0 Å². The molecule has 0 aromatic rings. The van der Waals surface area contributed by atoms with E-state index in [-0.39, 0.29) is 30.3 Å². The van der Waals surface area contributed by atoms with E-state index in [0.29, 0.717) is 5.92 Å². The molecule has 5 heteroatoms. The van der Waals surface area contributed by atoms with Crippen molar-refractivity contribution in [2.24, 2.45) is 17.6 Å². The number of halogens is 1. The number of nitrogens with one attached hydrogen (secondary N) is 1. The zero-order valence-corrected chi connectivity index (χ0v) is 12.5. The Balaban J connectivity index is 0.00000162. The Labute approximate surface area is 120 Å². The number of rotatable bonds is 3. The van der Waals surface area contributed by atoms with Crippen LogP contribution in [0.4, 0.5) is 0 Å². The number of amides is 1. The van der Waals surface area contributed by atoms with Crippen molar-refractivity contribution in [2.75, 3.05) is 18.1 Å². The molecule has 3 nitrogen and oxygen atoms in total. The molecular formula is C13H25ClN2OS. The molecule has 0 aromatic carbocycles. The van der Waals surface area contributed by atoms with Crippen LogP contribution in [-0.2, 0) is 4.79 Å². The van der Waals surface area contributed by atoms with E-state index in [1.807, 2.05) is 11.8 Å². The van der Waals surface area contributed by atoms with Crippen LogP contribution in [0.1, 0.15) is 38.5 Å². The quantitative estimate of drug-likeness (QED) is 0.838. The van der Waals surface area contributed by atoms with Gasteiger partial charge in [0.2, 0.25) is 5.91 Å². The molecule has 2 rings (SSSR count). The number of thioether (sulfide) groups is 1. The fourth-order valence-corrected chi connectivity index (χ4v) is 4.01. The third-order valence-electron chi connectivity index (χ3n) is 3.99. The second-order valence-electron chi connectivity index (χ2n) is 5.42. The van der Waals surface area contributed by atoms with E-state index < -0.39 is 0 Å². The van der Waals surface area contributed by atoms with Crippen LogP contribution in [-0.4, -0.2) is 30.0 Å². The standard InChI is InChI=1S/C13H24N2OS.ClH/c14-12-3-1-2-11(8-12)13(16)15-9-10-4-6-17-7-5-10;/h10-12H,1-9,14H2,(H,15,16);1H. The zero-order chi connectivity index (χ0) is 12.1. The van der Waals surface area contributed by atoms with Gasteiger partial charge < -0.3 is 11.1 Å². The van der Waals surface area contributed by atoms with E-state index in [2.05, 4.69) is 5.32 Å². The lowest BCUT2D eigenvalue weighted by Gasteiger charge is -2.27. The minimum Gasteiger partial charge on any atom is -0.356 e. The summed E-state index contributed by atoms with van der Waals surface area (Å²) in [6, 6.07) is 0.241. The largest absolute Gasteiger partial charge is 0.356 e. The van der Waals surface area contributed by atoms with Crippen molar-refractivity contribution in [3.8, 4) is 0 Å². The molecule has 1 saturated heterocycles. The topological polar surface area (TPSA) is 55.1 Å². The highest BCUT2D eigenvalue weighted by Crippen LogP contribution is 2.24. The van der Waals surface area contributed by atoms with E-state index >= 15 is 0 Å². The minimum absolute atomic E-state index is 0. The predicted octanol–water partition coefficient (Wildman–Crippen LogP) is 2.19. The van der Waals surface area contributed by atoms with Gasteiger partial charge in [0.15, 0.2) is 0 Å². The van der Waals surface area contributed by atoms with Crippen LogP contribution < -0.4 is 11.1 Å². The molecule has 18 heavy (non-hydrogen) atoms. The molecule has 0 radical (unpaired) electrons. The van der Waals surface area contributed by atoms with Gasteiger partial charge in [0.1, 0.15) is 0 Å². The fraction of sp³-hybridized carbons (Fsp3) is 0.923. The Morgan fingerprint density at radius 1 is 1.22 bits per heavy atom. The van der Waals surface area contributed by atoms with Crippen LogP contribution in [0.15, 0.2) is 0 Å².